The van der Waals surface area contributed by atoms with Crippen molar-refractivity contribution in [2.24, 2.45) is 12.0 Å². The summed E-state index contributed by atoms with van der Waals surface area (Å²) in [6.45, 7) is 5.66. The van der Waals surface area contributed by atoms with E-state index in [1.54, 1.807) is 36.1 Å². The van der Waals surface area contributed by atoms with E-state index < -0.39 is 5.60 Å². The van der Waals surface area contributed by atoms with E-state index in [1.807, 2.05) is 26.1 Å². The van der Waals surface area contributed by atoms with Crippen LogP contribution in [0, 0.1) is 0 Å². The maximum atomic E-state index is 10.6. The van der Waals surface area contributed by atoms with Gasteiger partial charge in [-0.3, -0.25) is 4.68 Å². The van der Waals surface area contributed by atoms with Gasteiger partial charge in [0.25, 0.3) is 0 Å². The highest BCUT2D eigenvalue weighted by Gasteiger charge is 2.24. The van der Waals surface area contributed by atoms with Crippen LogP contribution >= 0.6 is 35.6 Å². The Balaban J connectivity index is 0.00000364. The van der Waals surface area contributed by atoms with Crippen LogP contribution in [-0.2, 0) is 12.6 Å². The second-order valence-corrected chi connectivity index (χ2v) is 6.54. The number of rotatable bonds is 8. The lowest BCUT2D eigenvalue weighted by Crippen LogP contribution is -2.40. The third kappa shape index (κ3) is 7.94. The van der Waals surface area contributed by atoms with Gasteiger partial charge in [-0.15, -0.1) is 24.0 Å². The minimum Gasteiger partial charge on any atom is -0.492 e. The number of benzene rings is 1. The predicted octanol–water partition coefficient (Wildman–Crippen LogP) is 2.53. The maximum Gasteiger partial charge on any atom is 0.191 e. The topological polar surface area (TPSA) is 83.7 Å². The lowest BCUT2D eigenvalue weighted by molar-refractivity contribution is 0.0672. The molecule has 0 saturated heterocycles. The average Bonchev–Trinajstić information content (AvgIpc) is 3.04. The number of nitrogens with one attached hydrogen (secondary N) is 2. The molecule has 0 amide bonds. The van der Waals surface area contributed by atoms with E-state index in [2.05, 4.69) is 20.7 Å². The Labute approximate surface area is 182 Å². The van der Waals surface area contributed by atoms with Crippen molar-refractivity contribution in [1.82, 2.24) is 20.4 Å². The molecule has 2 aromatic rings. The van der Waals surface area contributed by atoms with Crippen LogP contribution in [-0.4, -0.2) is 47.1 Å². The molecule has 150 valence electrons. The fourth-order valence-electron chi connectivity index (χ4n) is 2.26. The Bertz CT molecular complexity index is 736. The van der Waals surface area contributed by atoms with Gasteiger partial charge in [-0.05, 0) is 32.0 Å². The third-order valence-corrected chi connectivity index (χ3v) is 3.91. The van der Waals surface area contributed by atoms with E-state index >= 15 is 0 Å². The van der Waals surface area contributed by atoms with Gasteiger partial charge in [0, 0.05) is 30.4 Å². The molecule has 0 spiro atoms. The first kappa shape index (κ1) is 23.5. The van der Waals surface area contributed by atoms with Crippen molar-refractivity contribution in [3.63, 3.8) is 0 Å². The summed E-state index contributed by atoms with van der Waals surface area (Å²) in [6.07, 6.45) is 3.43. The molecule has 1 aromatic carbocycles. The molecule has 9 heteroatoms. The van der Waals surface area contributed by atoms with Crippen LogP contribution in [0.2, 0.25) is 5.02 Å². The first-order chi connectivity index (χ1) is 12.4. The zero-order chi connectivity index (χ0) is 19.0. The minimum atomic E-state index is -1.09. The fraction of sp³-hybridized carbons (Fsp3) is 0.444. The number of hydrogen-bond acceptors (Lipinski definition) is 4. The molecule has 2 rings (SSSR count). The maximum absolute atomic E-state index is 10.6. The Hall–Kier alpha value is -1.52. The van der Waals surface area contributed by atoms with Gasteiger partial charge in [0.15, 0.2) is 5.96 Å². The molecule has 1 aromatic heterocycles. The molecule has 0 aliphatic heterocycles. The number of aryl methyl sites for hydroxylation is 1. The smallest absolute Gasteiger partial charge is 0.191 e. The van der Waals surface area contributed by atoms with E-state index in [9.17, 15) is 5.11 Å². The van der Waals surface area contributed by atoms with Crippen molar-refractivity contribution in [3.05, 3.63) is 47.2 Å². The van der Waals surface area contributed by atoms with Gasteiger partial charge < -0.3 is 20.5 Å². The summed E-state index contributed by atoms with van der Waals surface area (Å²) < 4.78 is 7.30. The molecule has 0 aliphatic rings. The summed E-state index contributed by atoms with van der Waals surface area (Å²) in [5, 5.41) is 21.7. The highest BCUT2D eigenvalue weighted by molar-refractivity contribution is 14.0. The standard InChI is InChI=1S/C18H26ClN5O2.HI/c1-4-20-17(21-8-9-26-16-7-5-6-15(19)10-16)22-13-18(2,25)14-11-23-24(3)12-14;/h5-7,10-12,25H,4,8-9,13H2,1-3H3,(H2,20,21,22);1H. The van der Waals surface area contributed by atoms with Gasteiger partial charge in [-0.2, -0.15) is 5.10 Å². The van der Waals surface area contributed by atoms with Gasteiger partial charge in [0.05, 0.1) is 19.3 Å². The summed E-state index contributed by atoms with van der Waals surface area (Å²) in [5.41, 5.74) is -0.364. The molecular weight excluding hydrogens is 481 g/mol. The lowest BCUT2D eigenvalue weighted by Gasteiger charge is -2.20. The van der Waals surface area contributed by atoms with Crippen molar-refractivity contribution < 1.29 is 9.84 Å². The van der Waals surface area contributed by atoms with Gasteiger partial charge in [-0.25, -0.2) is 4.99 Å². The van der Waals surface area contributed by atoms with E-state index in [-0.39, 0.29) is 30.5 Å². The summed E-state index contributed by atoms with van der Waals surface area (Å²) in [6, 6.07) is 7.27. The largest absolute Gasteiger partial charge is 0.492 e. The Morgan fingerprint density at radius 1 is 1.41 bits per heavy atom. The number of hydrogen-bond donors (Lipinski definition) is 3. The van der Waals surface area contributed by atoms with Crippen LogP contribution in [0.5, 0.6) is 5.75 Å². The van der Waals surface area contributed by atoms with E-state index in [4.69, 9.17) is 16.3 Å². The Morgan fingerprint density at radius 3 is 2.81 bits per heavy atom. The molecule has 0 bridgehead atoms. The molecular formula is C18H27ClIN5O2. The number of nitrogens with zero attached hydrogens (tertiary/aromatic N) is 3. The Kier molecular flexibility index (Phi) is 9.89. The second-order valence-electron chi connectivity index (χ2n) is 6.10. The lowest BCUT2D eigenvalue weighted by atomic mass is 10.0. The van der Waals surface area contributed by atoms with E-state index in [0.717, 1.165) is 17.9 Å². The Morgan fingerprint density at radius 2 is 2.19 bits per heavy atom. The summed E-state index contributed by atoms with van der Waals surface area (Å²) >= 11 is 5.93. The molecule has 0 fully saturated rings. The number of guanidine groups is 1. The molecule has 1 atom stereocenters. The first-order valence-electron chi connectivity index (χ1n) is 8.53. The fourth-order valence-corrected chi connectivity index (χ4v) is 2.44. The van der Waals surface area contributed by atoms with Crippen LogP contribution in [0.15, 0.2) is 41.7 Å². The van der Waals surface area contributed by atoms with Crippen LogP contribution < -0.4 is 15.4 Å². The van der Waals surface area contributed by atoms with Crippen molar-refractivity contribution in [3.8, 4) is 5.75 Å². The summed E-state index contributed by atoms with van der Waals surface area (Å²) in [5.74, 6) is 1.34. The van der Waals surface area contributed by atoms with E-state index in [1.165, 1.54) is 0 Å². The minimum absolute atomic E-state index is 0. The van der Waals surface area contributed by atoms with Crippen LogP contribution in [0.3, 0.4) is 0 Å². The van der Waals surface area contributed by atoms with Crippen LogP contribution in [0.4, 0.5) is 0 Å². The van der Waals surface area contributed by atoms with Crippen molar-refractivity contribution in [2.45, 2.75) is 19.4 Å². The highest BCUT2D eigenvalue weighted by Crippen LogP contribution is 2.20. The summed E-state index contributed by atoms with van der Waals surface area (Å²) in [4.78, 5) is 4.46. The predicted molar refractivity (Wildman–Crippen MR) is 119 cm³/mol. The number of aliphatic imine (C=N–C) groups is 1. The van der Waals surface area contributed by atoms with E-state index in [0.29, 0.717) is 24.1 Å². The molecule has 0 radical (unpaired) electrons. The SMILES string of the molecule is CCNC(=NCC(C)(O)c1cnn(C)c1)NCCOc1cccc(Cl)c1.I. The third-order valence-electron chi connectivity index (χ3n) is 3.68. The van der Waals surface area contributed by atoms with Gasteiger partial charge in [0.1, 0.15) is 18.0 Å². The monoisotopic (exact) mass is 507 g/mol. The molecule has 27 heavy (non-hydrogen) atoms. The number of aromatic nitrogens is 2. The molecule has 0 aliphatic carbocycles. The zero-order valence-corrected chi connectivity index (χ0v) is 18.9. The van der Waals surface area contributed by atoms with Crippen LogP contribution in [0.1, 0.15) is 19.4 Å². The molecule has 0 saturated carbocycles. The number of aliphatic hydroxyl groups is 1. The molecule has 3 N–H and O–H groups in total. The van der Waals surface area contributed by atoms with Gasteiger partial charge in [-0.1, -0.05) is 17.7 Å². The summed E-state index contributed by atoms with van der Waals surface area (Å²) in [7, 11) is 1.81. The van der Waals surface area contributed by atoms with Crippen molar-refractivity contribution in [1.29, 1.82) is 0 Å². The van der Waals surface area contributed by atoms with Gasteiger partial charge in [0.2, 0.25) is 0 Å². The number of ether oxygens (including phenoxy) is 1. The van der Waals surface area contributed by atoms with Crippen molar-refractivity contribution >= 4 is 41.5 Å². The van der Waals surface area contributed by atoms with Gasteiger partial charge >= 0.3 is 0 Å². The quantitative estimate of drug-likeness (QED) is 0.221. The normalized spacial score (nSPS) is 13.4. The highest BCUT2D eigenvalue weighted by atomic mass is 127. The first-order valence-corrected chi connectivity index (χ1v) is 8.90. The molecule has 1 heterocycles. The van der Waals surface area contributed by atoms with Crippen molar-refractivity contribution in [2.75, 3.05) is 26.2 Å². The van der Waals surface area contributed by atoms with Crippen LogP contribution in [0.25, 0.3) is 0 Å². The average molecular weight is 508 g/mol. The number of halogens is 2. The molecule has 7 nitrogen and oxygen atoms in total. The molecule has 1 unspecified atom stereocenters. The second kappa shape index (κ2) is 11.4. The zero-order valence-electron chi connectivity index (χ0n) is 15.8.